The molecule has 0 bridgehead atoms. The molecule has 0 aromatic carbocycles. The molecule has 1 heterocycles. The minimum Gasteiger partial charge on any atom is -0.382 e. The number of hydrogen-bond donors (Lipinski definition) is 1. The van der Waals surface area contributed by atoms with E-state index in [0.29, 0.717) is 19.3 Å². The Bertz CT molecular complexity index is 352. The second kappa shape index (κ2) is 9.07. The number of rotatable bonds is 10. The van der Waals surface area contributed by atoms with Gasteiger partial charge in [0.15, 0.2) is 0 Å². The summed E-state index contributed by atoms with van der Waals surface area (Å²) < 4.78 is 12.4. The Labute approximate surface area is 116 Å². The van der Waals surface area contributed by atoms with Crippen molar-refractivity contribution in [3.05, 3.63) is 17.5 Å². The van der Waals surface area contributed by atoms with E-state index in [1.54, 1.807) is 7.11 Å². The van der Waals surface area contributed by atoms with Gasteiger partial charge in [-0.15, -0.1) is 0 Å². The molecule has 5 nitrogen and oxygen atoms in total. The van der Waals surface area contributed by atoms with E-state index >= 15 is 0 Å². The van der Waals surface area contributed by atoms with Crippen molar-refractivity contribution in [2.45, 2.75) is 32.2 Å². The third kappa shape index (κ3) is 5.72. The maximum atomic E-state index is 5.51. The number of ether oxygens (including phenoxy) is 2. The van der Waals surface area contributed by atoms with Crippen molar-refractivity contribution in [1.29, 1.82) is 0 Å². The van der Waals surface area contributed by atoms with Crippen LogP contribution in [0.25, 0.3) is 0 Å². The van der Waals surface area contributed by atoms with Crippen LogP contribution in [0.5, 0.6) is 0 Å². The average molecular weight is 269 g/mol. The summed E-state index contributed by atoms with van der Waals surface area (Å²) in [5.74, 6) is 0. The van der Waals surface area contributed by atoms with Crippen LogP contribution < -0.4 is 5.32 Å². The van der Waals surface area contributed by atoms with Crippen LogP contribution in [0.15, 0.2) is 6.07 Å². The Morgan fingerprint density at radius 2 is 2.16 bits per heavy atom. The summed E-state index contributed by atoms with van der Waals surface area (Å²) in [6, 6.07) is 2.61. The van der Waals surface area contributed by atoms with Gasteiger partial charge in [-0.2, -0.15) is 5.10 Å². The average Bonchev–Trinajstić information content (AvgIpc) is 2.77. The number of aryl methyl sites for hydroxylation is 2. The first-order chi connectivity index (χ1) is 9.21. The van der Waals surface area contributed by atoms with Gasteiger partial charge in [-0.25, -0.2) is 0 Å². The number of nitrogens with zero attached hydrogens (tertiary/aromatic N) is 2. The summed E-state index contributed by atoms with van der Waals surface area (Å²) >= 11 is 0. The molecule has 0 aliphatic rings. The number of aromatic nitrogens is 2. The Kier molecular flexibility index (Phi) is 7.70. The van der Waals surface area contributed by atoms with Crippen LogP contribution in [0.1, 0.15) is 24.7 Å². The van der Waals surface area contributed by atoms with Crippen molar-refractivity contribution in [3.63, 3.8) is 0 Å². The van der Waals surface area contributed by atoms with Gasteiger partial charge in [0.1, 0.15) is 0 Å². The fourth-order valence-electron chi connectivity index (χ4n) is 2.01. The molecule has 0 saturated carbocycles. The van der Waals surface area contributed by atoms with Gasteiger partial charge in [-0.3, -0.25) is 4.68 Å². The zero-order valence-electron chi connectivity index (χ0n) is 12.6. The number of nitrogens with one attached hydrogen (secondary N) is 1. The molecule has 0 saturated heterocycles. The van der Waals surface area contributed by atoms with E-state index in [4.69, 9.17) is 9.47 Å². The third-order valence-corrected chi connectivity index (χ3v) is 3.30. The molecule has 0 amide bonds. The second-order valence-electron chi connectivity index (χ2n) is 4.69. The van der Waals surface area contributed by atoms with E-state index in [-0.39, 0.29) is 0 Å². The first kappa shape index (κ1) is 16.1. The molecule has 1 aromatic heterocycles. The molecule has 0 aliphatic carbocycles. The number of hydrogen-bond acceptors (Lipinski definition) is 4. The quantitative estimate of drug-likeness (QED) is 0.648. The molecular formula is C14H27N3O2. The molecule has 1 rings (SSSR count). The highest BCUT2D eigenvalue weighted by Gasteiger charge is 2.11. The normalized spacial score (nSPS) is 12.8. The topological polar surface area (TPSA) is 48.3 Å². The van der Waals surface area contributed by atoms with Crippen LogP contribution in [0.4, 0.5) is 0 Å². The Morgan fingerprint density at radius 1 is 1.37 bits per heavy atom. The Hall–Kier alpha value is -0.910. The van der Waals surface area contributed by atoms with Gasteiger partial charge in [0.05, 0.1) is 18.9 Å². The van der Waals surface area contributed by atoms with Gasteiger partial charge in [0.2, 0.25) is 0 Å². The predicted molar refractivity (Wildman–Crippen MR) is 76.4 cm³/mol. The number of likely N-dealkylation sites (N-methyl/N-ethyl adjacent to an activating group) is 1. The molecule has 1 atom stereocenters. The standard InChI is InChI=1S/C14H27N3O2/c1-5-12-10-14(17(3)16-12)11-13(15-2)6-7-19-9-8-18-4/h10,13,15H,5-9,11H2,1-4H3. The highest BCUT2D eigenvalue weighted by molar-refractivity contribution is 5.11. The third-order valence-electron chi connectivity index (χ3n) is 3.30. The molecule has 110 valence electrons. The van der Waals surface area contributed by atoms with Gasteiger partial charge in [0, 0.05) is 38.9 Å². The summed E-state index contributed by atoms with van der Waals surface area (Å²) in [5.41, 5.74) is 2.43. The molecule has 1 aromatic rings. The molecule has 0 radical (unpaired) electrons. The molecule has 1 unspecified atom stereocenters. The lowest BCUT2D eigenvalue weighted by Gasteiger charge is -2.16. The minimum atomic E-state index is 0.419. The molecule has 1 N–H and O–H groups in total. The van der Waals surface area contributed by atoms with E-state index in [1.165, 1.54) is 5.69 Å². The smallest absolute Gasteiger partial charge is 0.0700 e. The van der Waals surface area contributed by atoms with Crippen molar-refractivity contribution in [2.24, 2.45) is 7.05 Å². The Balaban J connectivity index is 2.36. The maximum Gasteiger partial charge on any atom is 0.0700 e. The van der Waals surface area contributed by atoms with E-state index in [2.05, 4.69) is 23.4 Å². The molecule has 0 spiro atoms. The van der Waals surface area contributed by atoms with Crippen LogP contribution in [0, 0.1) is 0 Å². The van der Waals surface area contributed by atoms with E-state index in [1.807, 2.05) is 18.8 Å². The lowest BCUT2D eigenvalue weighted by atomic mass is 10.1. The van der Waals surface area contributed by atoms with Crippen molar-refractivity contribution in [3.8, 4) is 0 Å². The van der Waals surface area contributed by atoms with Crippen molar-refractivity contribution in [2.75, 3.05) is 34.0 Å². The molecular weight excluding hydrogens is 242 g/mol. The molecule has 19 heavy (non-hydrogen) atoms. The highest BCUT2D eigenvalue weighted by Crippen LogP contribution is 2.08. The fraction of sp³-hybridized carbons (Fsp3) is 0.786. The Morgan fingerprint density at radius 3 is 2.74 bits per heavy atom. The largest absolute Gasteiger partial charge is 0.382 e. The summed E-state index contributed by atoms with van der Waals surface area (Å²) in [6.45, 7) is 4.21. The minimum absolute atomic E-state index is 0.419. The second-order valence-corrected chi connectivity index (χ2v) is 4.69. The van der Waals surface area contributed by atoms with Gasteiger partial charge >= 0.3 is 0 Å². The molecule has 5 heteroatoms. The summed E-state index contributed by atoms with van der Waals surface area (Å²) in [4.78, 5) is 0. The van der Waals surface area contributed by atoms with Crippen LogP contribution in [-0.2, 0) is 29.4 Å². The fourth-order valence-corrected chi connectivity index (χ4v) is 2.01. The zero-order chi connectivity index (χ0) is 14.1. The summed E-state index contributed by atoms with van der Waals surface area (Å²) in [6.07, 6.45) is 2.96. The van der Waals surface area contributed by atoms with Crippen LogP contribution in [0.3, 0.4) is 0 Å². The SMILES string of the molecule is CCc1cc(CC(CCOCCOC)NC)n(C)n1. The van der Waals surface area contributed by atoms with Crippen LogP contribution in [0.2, 0.25) is 0 Å². The van der Waals surface area contributed by atoms with Gasteiger partial charge in [-0.05, 0) is 26.0 Å². The molecule has 0 aliphatic heterocycles. The van der Waals surface area contributed by atoms with E-state index in [0.717, 1.165) is 31.6 Å². The van der Waals surface area contributed by atoms with Crippen molar-refractivity contribution >= 4 is 0 Å². The van der Waals surface area contributed by atoms with Crippen LogP contribution >= 0.6 is 0 Å². The van der Waals surface area contributed by atoms with Crippen molar-refractivity contribution < 1.29 is 9.47 Å². The lowest BCUT2D eigenvalue weighted by molar-refractivity contribution is 0.0660. The van der Waals surface area contributed by atoms with Crippen molar-refractivity contribution in [1.82, 2.24) is 15.1 Å². The molecule has 0 fully saturated rings. The summed E-state index contributed by atoms with van der Waals surface area (Å²) in [7, 11) is 5.70. The number of methoxy groups -OCH3 is 1. The van der Waals surface area contributed by atoms with Gasteiger partial charge < -0.3 is 14.8 Å². The van der Waals surface area contributed by atoms with E-state index < -0.39 is 0 Å². The monoisotopic (exact) mass is 269 g/mol. The zero-order valence-corrected chi connectivity index (χ0v) is 12.6. The maximum absolute atomic E-state index is 5.51. The van der Waals surface area contributed by atoms with Gasteiger partial charge in [0.25, 0.3) is 0 Å². The van der Waals surface area contributed by atoms with E-state index in [9.17, 15) is 0 Å². The highest BCUT2D eigenvalue weighted by atomic mass is 16.5. The first-order valence-electron chi connectivity index (χ1n) is 6.97. The first-order valence-corrected chi connectivity index (χ1v) is 6.97. The predicted octanol–water partition coefficient (Wildman–Crippen LogP) is 1.17. The van der Waals surface area contributed by atoms with Gasteiger partial charge in [-0.1, -0.05) is 6.92 Å². The van der Waals surface area contributed by atoms with Crippen LogP contribution in [-0.4, -0.2) is 49.8 Å². The lowest BCUT2D eigenvalue weighted by Crippen LogP contribution is -2.30. The summed E-state index contributed by atoms with van der Waals surface area (Å²) in [5, 5.41) is 7.82.